The Labute approximate surface area is 338 Å². The number of fused-ring (bicyclic) bond motifs is 2. The molecule has 0 saturated carbocycles. The lowest BCUT2D eigenvalue weighted by Gasteiger charge is -2.39. The third-order valence-electron chi connectivity index (χ3n) is 10.6. The smallest absolute Gasteiger partial charge is 0.326 e. The number of hydrogen-bond acceptors (Lipinski definition) is 9. The Morgan fingerprint density at radius 1 is 0.814 bits per heavy atom. The van der Waals surface area contributed by atoms with Crippen LogP contribution in [-0.2, 0) is 51.4 Å². The molecule has 1 aliphatic heterocycles. The normalized spacial score (nSPS) is 15.1. The van der Waals surface area contributed by atoms with Crippen molar-refractivity contribution in [1.29, 1.82) is 0 Å². The lowest BCUT2D eigenvalue weighted by Crippen LogP contribution is -2.60. The number of amides is 3. The first-order valence-corrected chi connectivity index (χ1v) is 19.2. The number of phenolic OH excluding ortho intramolecular Hbond substituents is 1. The molecule has 0 spiro atoms. The van der Waals surface area contributed by atoms with Crippen molar-refractivity contribution in [2.75, 3.05) is 5.32 Å². The Morgan fingerprint density at radius 3 is 2.07 bits per heavy atom. The first-order chi connectivity index (χ1) is 28.4. The van der Waals surface area contributed by atoms with Crippen molar-refractivity contribution >= 4 is 40.8 Å². The highest BCUT2D eigenvalue weighted by Gasteiger charge is 2.40. The zero-order valence-corrected chi connectivity index (χ0v) is 32.4. The third kappa shape index (κ3) is 9.31. The van der Waals surface area contributed by atoms with Gasteiger partial charge in [-0.2, -0.15) is 4.98 Å². The van der Waals surface area contributed by atoms with Crippen molar-refractivity contribution in [1.82, 2.24) is 35.5 Å². The maximum atomic E-state index is 15.1. The molecule has 0 radical (unpaired) electrons. The number of hydrogen-bond donors (Lipinski definition) is 7. The van der Waals surface area contributed by atoms with Gasteiger partial charge in [-0.1, -0.05) is 84.9 Å². The molecule has 302 valence electrons. The van der Waals surface area contributed by atoms with Gasteiger partial charge in [-0.25, -0.2) is 9.78 Å². The third-order valence-corrected chi connectivity index (χ3v) is 10.6. The van der Waals surface area contributed by atoms with Gasteiger partial charge >= 0.3 is 5.97 Å². The van der Waals surface area contributed by atoms with E-state index in [1.165, 1.54) is 11.2 Å². The van der Waals surface area contributed by atoms with Crippen LogP contribution in [0.15, 0.2) is 108 Å². The molecule has 2 aromatic heterocycles. The summed E-state index contributed by atoms with van der Waals surface area (Å²) in [7, 11) is 0. The van der Waals surface area contributed by atoms with Crippen molar-refractivity contribution in [3.8, 4) is 5.75 Å². The van der Waals surface area contributed by atoms with Crippen molar-refractivity contribution < 1.29 is 29.4 Å². The van der Waals surface area contributed by atoms with Crippen molar-refractivity contribution in [2.24, 2.45) is 0 Å². The summed E-state index contributed by atoms with van der Waals surface area (Å²) in [6, 6.07) is 24.0. The first kappa shape index (κ1) is 39.9. The minimum Gasteiger partial charge on any atom is -0.508 e. The van der Waals surface area contributed by atoms with Crippen LogP contribution in [0.25, 0.3) is 11.2 Å². The Balaban J connectivity index is 1.22. The number of aryl methyl sites for hydroxylation is 2. The molecule has 59 heavy (non-hydrogen) atoms. The summed E-state index contributed by atoms with van der Waals surface area (Å²) in [5.74, 6) is -2.96. The summed E-state index contributed by atoms with van der Waals surface area (Å²) in [5, 5.41) is 29.0. The molecule has 0 fully saturated rings. The fourth-order valence-electron chi connectivity index (χ4n) is 7.61. The monoisotopic (exact) mass is 796 g/mol. The van der Waals surface area contributed by atoms with Crippen LogP contribution in [0, 0.1) is 13.8 Å². The van der Waals surface area contributed by atoms with E-state index in [0.29, 0.717) is 5.56 Å². The number of nitrogens with one attached hydrogen (secondary N) is 5. The molecule has 15 nitrogen and oxygen atoms in total. The number of H-pyrrole nitrogens is 2. The summed E-state index contributed by atoms with van der Waals surface area (Å²) in [6.07, 6.45) is 1.62. The lowest BCUT2D eigenvalue weighted by atomic mass is 9.91. The van der Waals surface area contributed by atoms with E-state index in [4.69, 9.17) is 0 Å². The first-order valence-electron chi connectivity index (χ1n) is 19.2. The van der Waals surface area contributed by atoms with Gasteiger partial charge in [-0.15, -0.1) is 0 Å². The highest BCUT2D eigenvalue weighted by molar-refractivity contribution is 5.95. The molecule has 0 saturated heterocycles. The SMILES string of the molecule is Cc1cc(O)cc(C)c1C[C@H](Nc1nc2nc[nH]c2c(=O)[nH]1)C(=O)N1Cc2ccccc2CC1C(=O)N[C@@H](Cc1ccccc1)C(=O)N[C@@H](Cc1ccccc1)C(=O)O. The number of carboxylic acids is 1. The molecule has 7 N–H and O–H groups in total. The summed E-state index contributed by atoms with van der Waals surface area (Å²) in [6.45, 7) is 3.69. The number of aromatic nitrogens is 4. The topological polar surface area (TPSA) is 222 Å². The van der Waals surface area contributed by atoms with Crippen LogP contribution in [0.4, 0.5) is 5.95 Å². The quantitative estimate of drug-likeness (QED) is 0.0851. The van der Waals surface area contributed by atoms with Crippen molar-refractivity contribution in [3.63, 3.8) is 0 Å². The standard InChI is InChI=1S/C44H44N8O7/c1-25-17-31(53)18-26(2)32(25)22-34(49-44-50-38-37(41(56)51-44)45-24-46-38)42(57)52-23-30-16-10-9-15-29(30)21-36(52)40(55)47-33(19-27-11-5-3-6-12-27)39(54)48-35(43(58)59)20-28-13-7-4-8-14-28/h3-18,24,33-36,53H,19-23H2,1-2H3,(H,47,55)(H,48,54)(H,58,59)(H3,45,46,49,50,51,56)/t33-,34-,35-,36?/m0/s1. The Kier molecular flexibility index (Phi) is 11.8. The van der Waals surface area contributed by atoms with Gasteiger partial charge in [0.1, 0.15) is 29.9 Å². The fourth-order valence-corrected chi connectivity index (χ4v) is 7.61. The molecule has 3 amide bonds. The van der Waals surface area contributed by atoms with Crippen LogP contribution in [0.5, 0.6) is 5.75 Å². The largest absolute Gasteiger partial charge is 0.508 e. The fraction of sp³-hybridized carbons (Fsp3) is 0.250. The Bertz CT molecular complexity index is 2530. The van der Waals surface area contributed by atoms with E-state index in [1.807, 2.05) is 50.2 Å². The zero-order chi connectivity index (χ0) is 41.6. The summed E-state index contributed by atoms with van der Waals surface area (Å²) >= 11 is 0. The van der Waals surface area contributed by atoms with Gasteiger partial charge in [0, 0.05) is 32.2 Å². The molecule has 7 rings (SSSR count). The van der Waals surface area contributed by atoms with Crippen molar-refractivity contribution in [3.05, 3.63) is 153 Å². The molecule has 1 aliphatic rings. The van der Waals surface area contributed by atoms with Gasteiger partial charge in [0.05, 0.1) is 6.33 Å². The number of rotatable bonds is 14. The molecule has 1 unspecified atom stereocenters. The van der Waals surface area contributed by atoms with Crippen LogP contribution in [0.3, 0.4) is 0 Å². The predicted molar refractivity (Wildman–Crippen MR) is 219 cm³/mol. The van der Waals surface area contributed by atoms with E-state index in [0.717, 1.165) is 33.4 Å². The van der Waals surface area contributed by atoms with Crippen molar-refractivity contribution in [2.45, 2.75) is 70.2 Å². The average molecular weight is 797 g/mol. The predicted octanol–water partition coefficient (Wildman–Crippen LogP) is 3.48. The van der Waals surface area contributed by atoms with E-state index >= 15 is 4.79 Å². The molecular weight excluding hydrogens is 753 g/mol. The number of aromatic hydroxyl groups is 1. The van der Waals surface area contributed by atoms with E-state index in [9.17, 15) is 29.4 Å². The van der Waals surface area contributed by atoms with Crippen LogP contribution in [0.1, 0.15) is 38.9 Å². The number of anilines is 1. The van der Waals surface area contributed by atoms with E-state index in [2.05, 4.69) is 35.9 Å². The van der Waals surface area contributed by atoms with Gasteiger partial charge < -0.3 is 36.0 Å². The maximum Gasteiger partial charge on any atom is 0.326 e. The van der Waals surface area contributed by atoms with Crippen LogP contribution in [-0.4, -0.2) is 82.9 Å². The molecule has 6 aromatic rings. The summed E-state index contributed by atoms with van der Waals surface area (Å²) in [4.78, 5) is 84.5. The molecular formula is C44H44N8O7. The molecule has 0 bridgehead atoms. The molecule has 0 aliphatic carbocycles. The maximum absolute atomic E-state index is 15.1. The second-order valence-corrected chi connectivity index (χ2v) is 14.8. The van der Waals surface area contributed by atoms with Gasteiger partial charge in [0.15, 0.2) is 11.2 Å². The molecule has 4 atom stereocenters. The summed E-state index contributed by atoms with van der Waals surface area (Å²) in [5.41, 5.74) is 5.13. The number of carbonyl (C=O) groups excluding carboxylic acids is 3. The highest BCUT2D eigenvalue weighted by Crippen LogP contribution is 2.28. The minimum absolute atomic E-state index is 0.0106. The number of carbonyl (C=O) groups is 4. The van der Waals surface area contributed by atoms with E-state index < -0.39 is 53.4 Å². The number of nitrogens with zero attached hydrogens (tertiary/aromatic N) is 3. The second-order valence-electron chi connectivity index (χ2n) is 14.8. The van der Waals surface area contributed by atoms with Gasteiger partial charge in [0.2, 0.25) is 23.7 Å². The van der Waals surface area contributed by atoms with Gasteiger partial charge in [-0.3, -0.25) is 24.2 Å². The minimum atomic E-state index is -1.28. The average Bonchev–Trinajstić information content (AvgIpc) is 3.70. The zero-order valence-electron chi connectivity index (χ0n) is 32.4. The summed E-state index contributed by atoms with van der Waals surface area (Å²) < 4.78 is 0. The Hall–Kier alpha value is -7.29. The Morgan fingerprint density at radius 2 is 1.42 bits per heavy atom. The van der Waals surface area contributed by atoms with Crippen LogP contribution >= 0.6 is 0 Å². The molecule has 3 heterocycles. The van der Waals surface area contributed by atoms with Gasteiger partial charge in [-0.05, 0) is 64.9 Å². The van der Waals surface area contributed by atoms with Crippen LogP contribution in [0.2, 0.25) is 0 Å². The number of benzene rings is 4. The number of carboxylic acid groups (broad SMARTS) is 1. The van der Waals surface area contributed by atoms with E-state index in [-0.39, 0.29) is 55.1 Å². The van der Waals surface area contributed by atoms with Crippen LogP contribution < -0.4 is 21.5 Å². The lowest BCUT2D eigenvalue weighted by molar-refractivity contribution is -0.144. The van der Waals surface area contributed by atoms with Gasteiger partial charge in [0.25, 0.3) is 5.56 Å². The highest BCUT2D eigenvalue weighted by atomic mass is 16.4. The number of aliphatic carboxylic acids is 1. The molecule has 4 aromatic carbocycles. The molecule has 15 heteroatoms. The van der Waals surface area contributed by atoms with E-state index in [1.54, 1.807) is 60.7 Å². The number of aromatic amines is 2. The number of phenols is 1. The second kappa shape index (κ2) is 17.5. The number of imidazole rings is 1.